The number of carbonyl (C=O) groups excluding carboxylic acids is 2. The minimum absolute atomic E-state index is 0.119. The van der Waals surface area contributed by atoms with Crippen LogP contribution < -0.4 is 5.32 Å². The number of imide groups is 1. The molecule has 1 N–H and O–H groups in total. The van der Waals surface area contributed by atoms with Gasteiger partial charge < -0.3 is 5.32 Å². The Kier molecular flexibility index (Phi) is 3.32. The zero-order valence-electron chi connectivity index (χ0n) is 12.8. The minimum Gasteiger partial charge on any atom is -0.311 e. The van der Waals surface area contributed by atoms with Gasteiger partial charge in [0.05, 0.1) is 5.41 Å². The maximum Gasteiger partial charge on any atom is 0.236 e. The van der Waals surface area contributed by atoms with Crippen LogP contribution in [-0.4, -0.2) is 34.8 Å². The van der Waals surface area contributed by atoms with Crippen LogP contribution in [0.5, 0.6) is 0 Å². The zero-order chi connectivity index (χ0) is 14.4. The second-order valence-electron chi connectivity index (χ2n) is 7.70. The van der Waals surface area contributed by atoms with Crippen molar-refractivity contribution in [1.82, 2.24) is 10.2 Å². The summed E-state index contributed by atoms with van der Waals surface area (Å²) in [4.78, 5) is 27.4. The van der Waals surface area contributed by atoms with E-state index in [4.69, 9.17) is 0 Å². The van der Waals surface area contributed by atoms with Crippen LogP contribution in [0, 0.1) is 5.41 Å². The summed E-state index contributed by atoms with van der Waals surface area (Å²) in [5, 5.41) is 3.61. The molecule has 2 bridgehead atoms. The molecule has 4 aliphatic rings. The molecule has 0 radical (unpaired) electrons. The van der Waals surface area contributed by atoms with Gasteiger partial charge in [-0.2, -0.15) is 0 Å². The molecular weight excluding hydrogens is 264 g/mol. The molecule has 2 atom stereocenters. The third kappa shape index (κ3) is 2.23. The summed E-state index contributed by atoms with van der Waals surface area (Å²) in [7, 11) is 0. The smallest absolute Gasteiger partial charge is 0.236 e. The fraction of sp³-hybridized carbons (Fsp3) is 0.882. The highest BCUT2D eigenvalue weighted by Gasteiger charge is 2.54. The van der Waals surface area contributed by atoms with Gasteiger partial charge in [0.25, 0.3) is 0 Å². The summed E-state index contributed by atoms with van der Waals surface area (Å²) in [5.41, 5.74) is -0.322. The molecule has 3 saturated heterocycles. The number of hydrogen-bond donors (Lipinski definition) is 1. The first kappa shape index (κ1) is 13.7. The molecule has 4 rings (SSSR count). The van der Waals surface area contributed by atoms with Gasteiger partial charge in [-0.25, -0.2) is 0 Å². The van der Waals surface area contributed by atoms with E-state index in [-0.39, 0.29) is 23.3 Å². The van der Waals surface area contributed by atoms with E-state index in [0.29, 0.717) is 18.5 Å². The van der Waals surface area contributed by atoms with Crippen molar-refractivity contribution >= 4 is 11.8 Å². The Hall–Kier alpha value is -0.900. The molecule has 3 aliphatic heterocycles. The number of fused-ring (bicyclic) bond motifs is 2. The average molecular weight is 290 g/mol. The lowest BCUT2D eigenvalue weighted by Gasteiger charge is -2.35. The Labute approximate surface area is 126 Å². The first-order valence-electron chi connectivity index (χ1n) is 8.80. The first-order valence-corrected chi connectivity index (χ1v) is 8.80. The number of nitrogens with zero attached hydrogens (tertiary/aromatic N) is 1. The Balaban J connectivity index is 1.55. The van der Waals surface area contributed by atoms with E-state index in [2.05, 4.69) is 5.32 Å². The summed E-state index contributed by atoms with van der Waals surface area (Å²) in [6, 6.07) is 1.23. The number of likely N-dealkylation sites (tertiary alicyclic amines) is 1. The molecule has 4 fully saturated rings. The maximum atomic E-state index is 13.1. The maximum absolute atomic E-state index is 13.1. The SMILES string of the molecule is O=C1CC2(CCCCCC2)C(=O)N1C1CC2CCC(C1)N2. The van der Waals surface area contributed by atoms with Gasteiger partial charge >= 0.3 is 0 Å². The summed E-state index contributed by atoms with van der Waals surface area (Å²) >= 11 is 0. The van der Waals surface area contributed by atoms with Crippen molar-refractivity contribution in [2.45, 2.75) is 88.8 Å². The summed E-state index contributed by atoms with van der Waals surface area (Å²) < 4.78 is 0. The molecule has 2 amide bonds. The van der Waals surface area contributed by atoms with Crippen LogP contribution in [0.4, 0.5) is 0 Å². The Bertz CT molecular complexity index is 442. The van der Waals surface area contributed by atoms with Crippen LogP contribution in [-0.2, 0) is 9.59 Å². The normalized spacial score (nSPS) is 39.0. The molecule has 1 spiro atoms. The van der Waals surface area contributed by atoms with E-state index in [1.807, 2.05) is 0 Å². The minimum atomic E-state index is -0.322. The van der Waals surface area contributed by atoms with Crippen LogP contribution in [0.2, 0.25) is 0 Å². The molecule has 4 heteroatoms. The van der Waals surface area contributed by atoms with Gasteiger partial charge in [-0.1, -0.05) is 25.7 Å². The van der Waals surface area contributed by atoms with Gasteiger partial charge in [-0.15, -0.1) is 0 Å². The number of piperidine rings is 1. The fourth-order valence-corrected chi connectivity index (χ4v) is 5.22. The van der Waals surface area contributed by atoms with Gasteiger partial charge in [0.2, 0.25) is 11.8 Å². The van der Waals surface area contributed by atoms with Crippen LogP contribution in [0.3, 0.4) is 0 Å². The highest BCUT2D eigenvalue weighted by Crippen LogP contribution is 2.46. The fourth-order valence-electron chi connectivity index (χ4n) is 5.22. The van der Waals surface area contributed by atoms with E-state index < -0.39 is 0 Å². The van der Waals surface area contributed by atoms with E-state index in [9.17, 15) is 9.59 Å². The van der Waals surface area contributed by atoms with Crippen molar-refractivity contribution in [2.75, 3.05) is 0 Å². The van der Waals surface area contributed by atoms with E-state index in [1.54, 1.807) is 4.90 Å². The lowest BCUT2D eigenvalue weighted by molar-refractivity contribution is -0.145. The highest BCUT2D eigenvalue weighted by molar-refractivity contribution is 6.06. The second kappa shape index (κ2) is 5.08. The number of amides is 2. The molecule has 3 heterocycles. The third-order valence-corrected chi connectivity index (χ3v) is 6.30. The Morgan fingerprint density at radius 1 is 0.952 bits per heavy atom. The molecule has 1 aliphatic carbocycles. The van der Waals surface area contributed by atoms with Crippen molar-refractivity contribution in [3.05, 3.63) is 0 Å². The van der Waals surface area contributed by atoms with Gasteiger partial charge in [-0.05, 0) is 38.5 Å². The molecule has 0 aromatic carbocycles. The van der Waals surface area contributed by atoms with E-state index in [1.165, 1.54) is 25.7 Å². The second-order valence-corrected chi connectivity index (χ2v) is 7.70. The predicted octanol–water partition coefficient (Wildman–Crippen LogP) is 2.37. The molecule has 0 aromatic rings. The van der Waals surface area contributed by atoms with Gasteiger partial charge in [0, 0.05) is 24.5 Å². The van der Waals surface area contributed by atoms with Crippen molar-refractivity contribution in [3.8, 4) is 0 Å². The Morgan fingerprint density at radius 3 is 2.19 bits per heavy atom. The standard InChI is InChI=1S/C17H26N2O2/c20-15-11-17(7-3-1-2-4-8-17)16(21)19(15)14-9-12-5-6-13(10-14)18-12/h12-14,18H,1-11H2. The molecule has 0 aromatic heterocycles. The Morgan fingerprint density at radius 2 is 1.57 bits per heavy atom. The molecule has 2 unspecified atom stereocenters. The van der Waals surface area contributed by atoms with Crippen molar-refractivity contribution in [1.29, 1.82) is 0 Å². The van der Waals surface area contributed by atoms with Crippen molar-refractivity contribution < 1.29 is 9.59 Å². The predicted molar refractivity (Wildman–Crippen MR) is 79.6 cm³/mol. The number of rotatable bonds is 1. The van der Waals surface area contributed by atoms with Crippen LogP contribution >= 0.6 is 0 Å². The van der Waals surface area contributed by atoms with Gasteiger partial charge in [-0.3, -0.25) is 14.5 Å². The highest BCUT2D eigenvalue weighted by atomic mass is 16.2. The largest absolute Gasteiger partial charge is 0.311 e. The van der Waals surface area contributed by atoms with Gasteiger partial charge in [0.1, 0.15) is 0 Å². The van der Waals surface area contributed by atoms with Crippen molar-refractivity contribution in [2.24, 2.45) is 5.41 Å². The third-order valence-electron chi connectivity index (χ3n) is 6.30. The summed E-state index contributed by atoms with van der Waals surface area (Å²) in [5.74, 6) is 0.300. The molecular formula is C17H26N2O2. The monoisotopic (exact) mass is 290 g/mol. The number of hydrogen-bond acceptors (Lipinski definition) is 3. The average Bonchev–Trinajstić information content (AvgIpc) is 2.80. The molecule has 1 saturated carbocycles. The molecule has 4 nitrogen and oxygen atoms in total. The quantitative estimate of drug-likeness (QED) is 0.754. The van der Waals surface area contributed by atoms with Crippen LogP contribution in [0.25, 0.3) is 0 Å². The molecule has 116 valence electrons. The van der Waals surface area contributed by atoms with Crippen LogP contribution in [0.1, 0.15) is 70.6 Å². The topological polar surface area (TPSA) is 49.4 Å². The van der Waals surface area contributed by atoms with E-state index in [0.717, 1.165) is 38.5 Å². The lowest BCUT2D eigenvalue weighted by Crippen LogP contribution is -2.51. The van der Waals surface area contributed by atoms with Crippen LogP contribution in [0.15, 0.2) is 0 Å². The van der Waals surface area contributed by atoms with E-state index >= 15 is 0 Å². The summed E-state index contributed by atoms with van der Waals surface area (Å²) in [6.07, 6.45) is 11.4. The zero-order valence-corrected chi connectivity index (χ0v) is 12.8. The van der Waals surface area contributed by atoms with Crippen molar-refractivity contribution in [3.63, 3.8) is 0 Å². The molecule has 21 heavy (non-hydrogen) atoms. The first-order chi connectivity index (χ1) is 10.2. The summed E-state index contributed by atoms with van der Waals surface area (Å²) in [6.45, 7) is 0. The number of nitrogens with one attached hydrogen (secondary N) is 1. The number of carbonyl (C=O) groups is 2. The lowest BCUT2D eigenvalue weighted by atomic mass is 9.79. The van der Waals surface area contributed by atoms with Gasteiger partial charge in [0.15, 0.2) is 0 Å².